The van der Waals surface area contributed by atoms with Gasteiger partial charge in [-0.2, -0.15) is 0 Å². The van der Waals surface area contributed by atoms with Gasteiger partial charge in [0, 0.05) is 6.20 Å². The molecule has 0 aliphatic carbocycles. The van der Waals surface area contributed by atoms with Crippen LogP contribution in [0, 0.1) is 0 Å². The monoisotopic (exact) mass is 172 g/mol. The van der Waals surface area contributed by atoms with E-state index in [4.69, 9.17) is 11.5 Å². The standard InChI is InChI=1S/C6H12N4S/c1-6(8)4(7)3-9-5(10-6)11-2/h3H,7-8H2,1-2H3,(H,9,10). The lowest BCUT2D eigenvalue weighted by Crippen LogP contribution is -2.45. The molecule has 1 rings (SSSR count). The molecule has 0 fully saturated rings. The molecule has 4 nitrogen and oxygen atoms in total. The van der Waals surface area contributed by atoms with Gasteiger partial charge in [-0.25, -0.2) is 4.99 Å². The second-order valence-corrected chi connectivity index (χ2v) is 3.31. The summed E-state index contributed by atoms with van der Waals surface area (Å²) in [6, 6.07) is 0. The summed E-state index contributed by atoms with van der Waals surface area (Å²) in [5.74, 6) is 0. The Kier molecular flexibility index (Phi) is 2.10. The quantitative estimate of drug-likeness (QED) is 0.472. The van der Waals surface area contributed by atoms with E-state index in [0.29, 0.717) is 5.70 Å². The van der Waals surface area contributed by atoms with Gasteiger partial charge in [0.05, 0.1) is 5.70 Å². The van der Waals surface area contributed by atoms with Crippen molar-refractivity contribution in [2.24, 2.45) is 16.5 Å². The molecule has 1 aliphatic heterocycles. The van der Waals surface area contributed by atoms with Crippen LogP contribution in [-0.2, 0) is 0 Å². The van der Waals surface area contributed by atoms with Gasteiger partial charge >= 0.3 is 0 Å². The van der Waals surface area contributed by atoms with Crippen LogP contribution in [0.1, 0.15) is 6.92 Å². The van der Waals surface area contributed by atoms with Gasteiger partial charge in [-0.05, 0) is 13.2 Å². The van der Waals surface area contributed by atoms with E-state index < -0.39 is 5.66 Å². The second kappa shape index (κ2) is 2.75. The number of amidine groups is 1. The second-order valence-electron chi connectivity index (χ2n) is 2.51. The predicted octanol–water partition coefficient (Wildman–Crippen LogP) is -0.216. The fourth-order valence-corrected chi connectivity index (χ4v) is 1.16. The molecule has 1 heterocycles. The molecule has 0 spiro atoms. The first-order valence-electron chi connectivity index (χ1n) is 3.21. The summed E-state index contributed by atoms with van der Waals surface area (Å²) >= 11 is 1.51. The van der Waals surface area contributed by atoms with Gasteiger partial charge in [-0.3, -0.25) is 0 Å². The summed E-state index contributed by atoms with van der Waals surface area (Å²) < 4.78 is 0. The highest BCUT2D eigenvalue weighted by Gasteiger charge is 2.24. The Bertz CT molecular complexity index is 219. The van der Waals surface area contributed by atoms with Crippen LogP contribution < -0.4 is 16.8 Å². The lowest BCUT2D eigenvalue weighted by molar-refractivity contribution is 0.562. The Morgan fingerprint density at radius 3 is 2.82 bits per heavy atom. The molecule has 0 aromatic rings. The van der Waals surface area contributed by atoms with E-state index in [9.17, 15) is 0 Å². The van der Waals surface area contributed by atoms with Crippen molar-refractivity contribution >= 4 is 16.9 Å². The Balaban J connectivity index is 2.84. The summed E-state index contributed by atoms with van der Waals surface area (Å²) in [4.78, 5) is 4.17. The van der Waals surface area contributed by atoms with Gasteiger partial charge in [-0.1, -0.05) is 11.8 Å². The molecule has 1 aliphatic rings. The fraction of sp³-hybridized carbons (Fsp3) is 0.500. The Morgan fingerprint density at radius 1 is 1.73 bits per heavy atom. The average molecular weight is 172 g/mol. The molecule has 0 aromatic heterocycles. The van der Waals surface area contributed by atoms with Crippen LogP contribution in [0.2, 0.25) is 0 Å². The third-order valence-corrected chi connectivity index (χ3v) is 2.06. The first kappa shape index (κ1) is 8.42. The van der Waals surface area contributed by atoms with Crippen molar-refractivity contribution in [2.75, 3.05) is 6.26 Å². The third kappa shape index (κ3) is 1.66. The van der Waals surface area contributed by atoms with Crippen molar-refractivity contribution in [3.05, 3.63) is 11.9 Å². The van der Waals surface area contributed by atoms with E-state index in [0.717, 1.165) is 5.17 Å². The van der Waals surface area contributed by atoms with E-state index in [1.807, 2.05) is 6.26 Å². The minimum Gasteiger partial charge on any atom is -0.398 e. The molecular formula is C6H12N4S. The normalized spacial score (nSPS) is 30.5. The Labute approximate surface area is 70.1 Å². The van der Waals surface area contributed by atoms with E-state index in [2.05, 4.69) is 10.3 Å². The van der Waals surface area contributed by atoms with Crippen molar-refractivity contribution in [1.29, 1.82) is 0 Å². The number of nitrogens with one attached hydrogen (secondary N) is 1. The zero-order valence-electron chi connectivity index (χ0n) is 6.59. The molecule has 1 atom stereocenters. The number of hydrogen-bond acceptors (Lipinski definition) is 5. The molecule has 0 saturated heterocycles. The van der Waals surface area contributed by atoms with Crippen molar-refractivity contribution in [1.82, 2.24) is 5.32 Å². The highest BCUT2D eigenvalue weighted by molar-refractivity contribution is 8.13. The SMILES string of the molecule is CSC1=NC(C)(N)C(N)=CN1. The predicted molar refractivity (Wildman–Crippen MR) is 48.9 cm³/mol. The highest BCUT2D eigenvalue weighted by atomic mass is 32.2. The summed E-state index contributed by atoms with van der Waals surface area (Å²) in [7, 11) is 0. The molecule has 5 heteroatoms. The van der Waals surface area contributed by atoms with Gasteiger partial charge in [0.2, 0.25) is 0 Å². The van der Waals surface area contributed by atoms with Crippen LogP contribution in [-0.4, -0.2) is 17.1 Å². The van der Waals surface area contributed by atoms with Gasteiger partial charge in [0.25, 0.3) is 0 Å². The number of thioether (sulfide) groups is 1. The fourth-order valence-electron chi connectivity index (χ4n) is 0.698. The summed E-state index contributed by atoms with van der Waals surface area (Å²) in [5.41, 5.74) is 11.1. The van der Waals surface area contributed by atoms with Crippen molar-refractivity contribution in [2.45, 2.75) is 12.6 Å². The highest BCUT2D eigenvalue weighted by Crippen LogP contribution is 2.15. The van der Waals surface area contributed by atoms with Crippen molar-refractivity contribution in [3.63, 3.8) is 0 Å². The maximum absolute atomic E-state index is 5.75. The lowest BCUT2D eigenvalue weighted by Gasteiger charge is -2.25. The number of aliphatic imine (C=N–C) groups is 1. The van der Waals surface area contributed by atoms with Gasteiger partial charge in [0.1, 0.15) is 5.66 Å². The number of nitrogens with two attached hydrogens (primary N) is 2. The molecule has 11 heavy (non-hydrogen) atoms. The Morgan fingerprint density at radius 2 is 2.36 bits per heavy atom. The molecule has 0 saturated carbocycles. The maximum atomic E-state index is 5.75. The van der Waals surface area contributed by atoms with Crippen LogP contribution in [0.4, 0.5) is 0 Å². The average Bonchev–Trinajstić information content (AvgIpc) is 1.95. The van der Waals surface area contributed by atoms with Crippen LogP contribution in [0.3, 0.4) is 0 Å². The minimum atomic E-state index is -0.746. The van der Waals surface area contributed by atoms with E-state index in [-0.39, 0.29) is 0 Å². The molecule has 62 valence electrons. The molecular weight excluding hydrogens is 160 g/mol. The summed E-state index contributed by atoms with van der Waals surface area (Å²) in [5, 5.41) is 3.72. The number of rotatable bonds is 0. The van der Waals surface area contributed by atoms with E-state index >= 15 is 0 Å². The molecule has 0 aromatic carbocycles. The van der Waals surface area contributed by atoms with Gasteiger partial charge in [-0.15, -0.1) is 0 Å². The molecule has 1 unspecified atom stereocenters. The van der Waals surface area contributed by atoms with E-state index in [1.165, 1.54) is 11.8 Å². The van der Waals surface area contributed by atoms with Gasteiger partial charge in [0.15, 0.2) is 5.17 Å². The molecule has 0 radical (unpaired) electrons. The molecule has 0 amide bonds. The first-order valence-corrected chi connectivity index (χ1v) is 4.44. The molecule has 5 N–H and O–H groups in total. The number of hydrogen-bond donors (Lipinski definition) is 3. The van der Waals surface area contributed by atoms with E-state index in [1.54, 1.807) is 13.1 Å². The zero-order chi connectivity index (χ0) is 8.48. The minimum absolute atomic E-state index is 0.551. The van der Waals surface area contributed by atoms with Crippen LogP contribution in [0.5, 0.6) is 0 Å². The van der Waals surface area contributed by atoms with Crippen LogP contribution in [0.25, 0.3) is 0 Å². The largest absolute Gasteiger partial charge is 0.398 e. The third-order valence-electron chi connectivity index (χ3n) is 1.46. The molecule has 0 bridgehead atoms. The van der Waals surface area contributed by atoms with Crippen LogP contribution in [0.15, 0.2) is 16.9 Å². The number of nitrogens with zero attached hydrogens (tertiary/aromatic N) is 1. The topological polar surface area (TPSA) is 76.4 Å². The van der Waals surface area contributed by atoms with Crippen LogP contribution >= 0.6 is 11.8 Å². The summed E-state index contributed by atoms with van der Waals surface area (Å²) in [6.45, 7) is 1.77. The van der Waals surface area contributed by atoms with Crippen molar-refractivity contribution < 1.29 is 0 Å². The summed E-state index contributed by atoms with van der Waals surface area (Å²) in [6.07, 6.45) is 3.61. The lowest BCUT2D eigenvalue weighted by atomic mass is 10.1. The zero-order valence-corrected chi connectivity index (χ0v) is 7.40. The Hall–Kier alpha value is -0.680. The van der Waals surface area contributed by atoms with Crippen molar-refractivity contribution in [3.8, 4) is 0 Å². The first-order chi connectivity index (χ1) is 5.06. The smallest absolute Gasteiger partial charge is 0.162 e. The maximum Gasteiger partial charge on any atom is 0.162 e. The van der Waals surface area contributed by atoms with Gasteiger partial charge < -0.3 is 16.8 Å².